The Morgan fingerprint density at radius 3 is 2.62 bits per heavy atom. The number of carbonyl (C=O) groups excluding carboxylic acids is 2. The Balaban J connectivity index is 1.76. The van der Waals surface area contributed by atoms with Crippen LogP contribution >= 0.6 is 0 Å². The molecule has 2 heterocycles. The molecular weight excluding hydrogens is 378 g/mol. The van der Waals surface area contributed by atoms with E-state index in [1.807, 2.05) is 19.1 Å². The normalized spacial score (nSPS) is 14.5. The minimum Gasteiger partial charge on any atom is -0.370 e. The Hall–Kier alpha value is -3.03. The van der Waals surface area contributed by atoms with E-state index in [1.165, 1.54) is 0 Å². The van der Waals surface area contributed by atoms with Crippen LogP contribution in [0.25, 0.3) is 0 Å². The van der Waals surface area contributed by atoms with Crippen molar-refractivity contribution in [3.8, 4) is 0 Å². The van der Waals surface area contributed by atoms with Crippen molar-refractivity contribution in [2.45, 2.75) is 26.7 Å². The molecule has 0 bridgehead atoms. The predicted molar refractivity (Wildman–Crippen MR) is 107 cm³/mol. The second-order valence-corrected chi connectivity index (χ2v) is 7.00. The monoisotopic (exact) mass is 402 g/mol. The number of aryl methyl sites for hydroxylation is 1. The zero-order valence-electron chi connectivity index (χ0n) is 16.5. The molecule has 1 aromatic carbocycles. The second-order valence-electron chi connectivity index (χ2n) is 7.00. The maximum Gasteiger partial charge on any atom is 0.256 e. The highest BCUT2D eigenvalue weighted by Gasteiger charge is 2.24. The van der Waals surface area contributed by atoms with Crippen molar-refractivity contribution in [2.75, 3.05) is 36.4 Å². The molecule has 154 valence electrons. The summed E-state index contributed by atoms with van der Waals surface area (Å²) in [5.41, 5.74) is 1.51. The van der Waals surface area contributed by atoms with Crippen LogP contribution in [0.2, 0.25) is 0 Å². The van der Waals surface area contributed by atoms with E-state index >= 15 is 0 Å². The van der Waals surface area contributed by atoms with Gasteiger partial charge in [0.25, 0.3) is 5.91 Å². The molecule has 0 atom stereocenters. The third kappa shape index (κ3) is 4.88. The lowest BCUT2D eigenvalue weighted by molar-refractivity contribution is -0.115. The predicted octanol–water partition coefficient (Wildman–Crippen LogP) is 3.37. The molecule has 1 N–H and O–H groups in total. The van der Waals surface area contributed by atoms with Crippen LogP contribution in [0.1, 0.15) is 35.8 Å². The van der Waals surface area contributed by atoms with Gasteiger partial charge in [-0.3, -0.25) is 14.6 Å². The number of nitrogens with zero attached hydrogens (tertiary/aromatic N) is 3. The van der Waals surface area contributed by atoms with Crippen LogP contribution in [0.15, 0.2) is 30.5 Å². The third-order valence-corrected chi connectivity index (χ3v) is 4.91. The molecule has 0 aliphatic carbocycles. The van der Waals surface area contributed by atoms with E-state index in [-0.39, 0.29) is 17.7 Å². The second kappa shape index (κ2) is 8.98. The molecule has 1 aliphatic heterocycles. The highest BCUT2D eigenvalue weighted by Crippen LogP contribution is 2.23. The molecule has 1 aliphatic rings. The van der Waals surface area contributed by atoms with Gasteiger partial charge < -0.3 is 15.1 Å². The van der Waals surface area contributed by atoms with Crippen molar-refractivity contribution in [1.82, 2.24) is 9.88 Å². The van der Waals surface area contributed by atoms with Crippen LogP contribution in [-0.2, 0) is 4.79 Å². The number of hydrogen-bond donors (Lipinski definition) is 1. The van der Waals surface area contributed by atoms with E-state index in [4.69, 9.17) is 0 Å². The number of pyridine rings is 1. The smallest absolute Gasteiger partial charge is 0.256 e. The van der Waals surface area contributed by atoms with Crippen LogP contribution in [-0.4, -0.2) is 47.9 Å². The molecule has 1 aromatic heterocycles. The van der Waals surface area contributed by atoms with Gasteiger partial charge in [0.15, 0.2) is 0 Å². The van der Waals surface area contributed by atoms with Crippen molar-refractivity contribution in [2.24, 2.45) is 0 Å². The van der Waals surface area contributed by atoms with Crippen molar-refractivity contribution in [3.05, 3.63) is 53.4 Å². The van der Waals surface area contributed by atoms with Crippen LogP contribution in [0.5, 0.6) is 0 Å². The van der Waals surface area contributed by atoms with Gasteiger partial charge in [0.2, 0.25) is 5.91 Å². The van der Waals surface area contributed by atoms with Gasteiger partial charge >= 0.3 is 0 Å². The van der Waals surface area contributed by atoms with E-state index in [9.17, 15) is 18.4 Å². The van der Waals surface area contributed by atoms with Crippen molar-refractivity contribution >= 4 is 23.2 Å². The molecule has 0 unspecified atom stereocenters. The number of carbonyl (C=O) groups is 2. The molecule has 0 radical (unpaired) electrons. The number of rotatable bonds is 4. The lowest BCUT2D eigenvalue weighted by atomic mass is 10.1. The van der Waals surface area contributed by atoms with Gasteiger partial charge in [0, 0.05) is 56.2 Å². The Bertz CT molecular complexity index is 920. The van der Waals surface area contributed by atoms with Gasteiger partial charge in [0.1, 0.15) is 11.6 Å². The molecule has 1 fully saturated rings. The summed E-state index contributed by atoms with van der Waals surface area (Å²) in [5.74, 6) is -2.77. The fraction of sp³-hybridized carbons (Fsp3) is 0.381. The van der Waals surface area contributed by atoms with E-state index in [0.717, 1.165) is 30.4 Å². The van der Waals surface area contributed by atoms with Gasteiger partial charge in [-0.15, -0.1) is 0 Å². The van der Waals surface area contributed by atoms with Gasteiger partial charge in [-0.1, -0.05) is 6.92 Å². The van der Waals surface area contributed by atoms with Gasteiger partial charge in [-0.2, -0.15) is 0 Å². The van der Waals surface area contributed by atoms with Gasteiger partial charge in [0.05, 0.1) is 11.3 Å². The summed E-state index contributed by atoms with van der Waals surface area (Å²) in [5, 5.41) is 2.37. The van der Waals surface area contributed by atoms with Gasteiger partial charge in [-0.25, -0.2) is 8.78 Å². The number of aromatic nitrogens is 1. The molecule has 3 rings (SSSR count). The number of amides is 2. The summed E-state index contributed by atoms with van der Waals surface area (Å²) in [4.78, 5) is 32.4. The minimum atomic E-state index is -0.937. The fourth-order valence-corrected chi connectivity index (χ4v) is 3.32. The first-order valence-electron chi connectivity index (χ1n) is 9.64. The van der Waals surface area contributed by atoms with E-state index in [1.54, 1.807) is 18.0 Å². The fourth-order valence-electron chi connectivity index (χ4n) is 3.32. The van der Waals surface area contributed by atoms with E-state index < -0.39 is 23.4 Å². The highest BCUT2D eigenvalue weighted by molar-refractivity contribution is 5.97. The summed E-state index contributed by atoms with van der Waals surface area (Å²) in [7, 11) is 0. The summed E-state index contributed by atoms with van der Waals surface area (Å²) in [6.07, 6.45) is 2.62. The van der Waals surface area contributed by atoms with Crippen LogP contribution in [0.4, 0.5) is 20.2 Å². The molecule has 29 heavy (non-hydrogen) atoms. The molecular formula is C21H24F2N4O2. The van der Waals surface area contributed by atoms with E-state index in [2.05, 4.69) is 15.2 Å². The van der Waals surface area contributed by atoms with Crippen molar-refractivity contribution in [3.63, 3.8) is 0 Å². The average molecular weight is 402 g/mol. The largest absolute Gasteiger partial charge is 0.370 e. The Morgan fingerprint density at radius 2 is 1.90 bits per heavy atom. The minimum absolute atomic E-state index is 0.149. The van der Waals surface area contributed by atoms with Crippen molar-refractivity contribution < 1.29 is 18.4 Å². The molecule has 2 aromatic rings. The first kappa shape index (κ1) is 20.7. The highest BCUT2D eigenvalue weighted by atomic mass is 19.1. The number of hydrogen-bond acceptors (Lipinski definition) is 4. The van der Waals surface area contributed by atoms with Crippen molar-refractivity contribution in [1.29, 1.82) is 0 Å². The zero-order valence-corrected chi connectivity index (χ0v) is 16.5. The Kier molecular flexibility index (Phi) is 6.41. The number of nitrogens with one attached hydrogen (secondary N) is 1. The molecule has 0 spiro atoms. The van der Waals surface area contributed by atoms with Crippen LogP contribution < -0.4 is 10.2 Å². The van der Waals surface area contributed by atoms with Crippen LogP contribution in [0, 0.1) is 18.6 Å². The topological polar surface area (TPSA) is 65.5 Å². The molecule has 8 heteroatoms. The first-order valence-corrected chi connectivity index (χ1v) is 9.64. The summed E-state index contributed by atoms with van der Waals surface area (Å²) >= 11 is 0. The lowest BCUT2D eigenvalue weighted by Crippen LogP contribution is -2.35. The summed E-state index contributed by atoms with van der Waals surface area (Å²) in [6, 6.07) is 5.63. The quantitative estimate of drug-likeness (QED) is 0.852. The number of anilines is 2. The number of halogens is 2. The Morgan fingerprint density at radius 1 is 1.10 bits per heavy atom. The molecule has 0 saturated carbocycles. The van der Waals surface area contributed by atoms with Gasteiger partial charge in [-0.05, 0) is 31.5 Å². The molecule has 1 saturated heterocycles. The molecule has 6 nitrogen and oxygen atoms in total. The maximum absolute atomic E-state index is 14.3. The standard InChI is InChI=1S/C21H24F2N4O2/c1-3-20(28)25-19-12-16(17(22)13-18(19)23)21(29)27-8-4-7-26(9-10-27)15-5-6-24-14(2)11-15/h5-6,11-13H,3-4,7-10H2,1-2H3,(H,25,28). The zero-order chi connectivity index (χ0) is 21.0. The summed E-state index contributed by atoms with van der Waals surface area (Å²) < 4.78 is 28.3. The summed E-state index contributed by atoms with van der Waals surface area (Å²) in [6.45, 7) is 5.77. The number of benzene rings is 1. The lowest BCUT2D eigenvalue weighted by Gasteiger charge is -2.24. The first-order chi connectivity index (χ1) is 13.9. The van der Waals surface area contributed by atoms with E-state index in [0.29, 0.717) is 25.7 Å². The van der Waals surface area contributed by atoms with Crippen LogP contribution in [0.3, 0.4) is 0 Å². The average Bonchev–Trinajstić information content (AvgIpc) is 2.95. The third-order valence-electron chi connectivity index (χ3n) is 4.91. The SMILES string of the molecule is CCC(=O)Nc1cc(C(=O)N2CCCN(c3ccnc(C)c3)CC2)c(F)cc1F. The maximum atomic E-state index is 14.3. The molecule has 2 amide bonds. The Labute approximate surface area is 168 Å².